The van der Waals surface area contributed by atoms with Gasteiger partial charge in [0.2, 0.25) is 0 Å². The molecule has 0 saturated heterocycles. The van der Waals surface area contributed by atoms with Crippen molar-refractivity contribution in [1.82, 2.24) is 0 Å². The molecule has 0 bridgehead atoms. The fraction of sp³-hybridized carbons (Fsp3) is 0.833. The number of carbonyl (C=O) groups excluding carboxylic acids is 2. The summed E-state index contributed by atoms with van der Waals surface area (Å²) in [5.74, 6) is -0.838. The van der Waals surface area contributed by atoms with Gasteiger partial charge in [-0.05, 0) is 64.2 Å². The van der Waals surface area contributed by atoms with Gasteiger partial charge in [-0.25, -0.2) is 0 Å². The Morgan fingerprint density at radius 1 is 0.534 bits per heavy atom. The molecular formula is C48H90NO8P. The van der Waals surface area contributed by atoms with Crippen LogP contribution in [0.25, 0.3) is 0 Å². The topological polar surface area (TPSA) is 111 Å². The first-order valence-corrected chi connectivity index (χ1v) is 25.2. The summed E-state index contributed by atoms with van der Waals surface area (Å²) >= 11 is 0. The second-order valence-electron chi connectivity index (χ2n) is 17.1. The summed E-state index contributed by atoms with van der Waals surface area (Å²) in [7, 11) is 1.16. The van der Waals surface area contributed by atoms with E-state index >= 15 is 0 Å². The highest BCUT2D eigenvalue weighted by Gasteiger charge is 2.21. The molecule has 0 spiro atoms. The Labute approximate surface area is 357 Å². The van der Waals surface area contributed by atoms with Crippen LogP contribution in [0, 0.1) is 0 Å². The minimum Gasteiger partial charge on any atom is -0.756 e. The second kappa shape index (κ2) is 40.6. The quantitative estimate of drug-likeness (QED) is 0.0196. The van der Waals surface area contributed by atoms with Gasteiger partial charge in [-0.2, -0.15) is 0 Å². The van der Waals surface area contributed by atoms with E-state index in [2.05, 4.69) is 50.3 Å². The summed E-state index contributed by atoms with van der Waals surface area (Å²) in [6.07, 6.45) is 45.9. The first-order chi connectivity index (χ1) is 28.0. The predicted molar refractivity (Wildman–Crippen MR) is 241 cm³/mol. The van der Waals surface area contributed by atoms with Crippen LogP contribution in [0.15, 0.2) is 36.5 Å². The predicted octanol–water partition coefficient (Wildman–Crippen LogP) is 13.1. The van der Waals surface area contributed by atoms with Crippen molar-refractivity contribution in [2.45, 2.75) is 213 Å². The molecule has 0 heterocycles. The number of esters is 2. The van der Waals surface area contributed by atoms with Crippen LogP contribution in [0.4, 0.5) is 0 Å². The molecule has 2 atom stereocenters. The number of nitrogens with zero attached hydrogens (tertiary/aromatic N) is 1. The number of hydrogen-bond acceptors (Lipinski definition) is 8. The average molecular weight is 840 g/mol. The van der Waals surface area contributed by atoms with Gasteiger partial charge in [0.05, 0.1) is 27.7 Å². The smallest absolute Gasteiger partial charge is 0.306 e. The van der Waals surface area contributed by atoms with E-state index in [4.69, 9.17) is 18.5 Å². The third-order valence-electron chi connectivity index (χ3n) is 10.1. The van der Waals surface area contributed by atoms with Crippen molar-refractivity contribution in [2.75, 3.05) is 47.5 Å². The van der Waals surface area contributed by atoms with E-state index in [0.717, 1.165) is 44.9 Å². The minimum absolute atomic E-state index is 0.0317. The summed E-state index contributed by atoms with van der Waals surface area (Å²) in [5.41, 5.74) is 0. The van der Waals surface area contributed by atoms with Gasteiger partial charge >= 0.3 is 11.9 Å². The van der Waals surface area contributed by atoms with E-state index in [0.29, 0.717) is 17.4 Å². The standard InChI is InChI=1S/C48H90NO8P/c1-6-8-10-12-14-16-18-20-22-23-24-25-27-28-30-32-34-36-38-40-47(50)54-44-46(45-56-58(52,53)55-43-42-49(3,4)5)57-48(51)41-39-37-35-33-31-29-26-21-19-17-15-13-11-9-7-2/h13-16,20,22,46H,6-12,17-19,21,23-45H2,1-5H3/b15-13+,16-14+,22-20+/t46-/m1/s1. The lowest BCUT2D eigenvalue weighted by atomic mass is 10.1. The molecule has 58 heavy (non-hydrogen) atoms. The number of phosphoric ester groups is 1. The van der Waals surface area contributed by atoms with Crippen LogP contribution in [0.1, 0.15) is 206 Å². The van der Waals surface area contributed by atoms with E-state index in [9.17, 15) is 19.0 Å². The first kappa shape index (κ1) is 56.2. The lowest BCUT2D eigenvalue weighted by Gasteiger charge is -2.28. The van der Waals surface area contributed by atoms with Crippen molar-refractivity contribution in [3.8, 4) is 0 Å². The summed E-state index contributed by atoms with van der Waals surface area (Å²) in [6, 6.07) is 0. The number of allylic oxidation sites excluding steroid dienone is 6. The van der Waals surface area contributed by atoms with Gasteiger partial charge in [0.15, 0.2) is 6.10 Å². The SMILES string of the molecule is CCCC/C=C/CCCCCCCCCCCC(=O)O[C@H](COC(=O)CCCCCCCCCCC/C=C/C/C=C/CCCCC)COP(=O)([O-])OCC[N+](C)(C)C. The molecule has 340 valence electrons. The number of hydrogen-bond donors (Lipinski definition) is 0. The number of quaternary nitrogens is 1. The fourth-order valence-corrected chi connectivity index (χ4v) is 7.10. The van der Waals surface area contributed by atoms with Crippen molar-refractivity contribution in [1.29, 1.82) is 0 Å². The maximum atomic E-state index is 12.7. The van der Waals surface area contributed by atoms with Crippen molar-refractivity contribution in [3.05, 3.63) is 36.5 Å². The zero-order chi connectivity index (χ0) is 42.8. The Morgan fingerprint density at radius 3 is 1.43 bits per heavy atom. The van der Waals surface area contributed by atoms with Crippen LogP contribution in [0.3, 0.4) is 0 Å². The molecule has 0 aromatic carbocycles. The summed E-state index contributed by atoms with van der Waals surface area (Å²) in [6.45, 7) is 4.18. The average Bonchev–Trinajstić information content (AvgIpc) is 3.17. The van der Waals surface area contributed by atoms with Gasteiger partial charge < -0.3 is 27.9 Å². The van der Waals surface area contributed by atoms with Crippen molar-refractivity contribution in [3.63, 3.8) is 0 Å². The van der Waals surface area contributed by atoms with Crippen molar-refractivity contribution in [2.24, 2.45) is 0 Å². The maximum absolute atomic E-state index is 12.7. The lowest BCUT2D eigenvalue weighted by Crippen LogP contribution is -2.37. The van der Waals surface area contributed by atoms with Crippen molar-refractivity contribution >= 4 is 19.8 Å². The summed E-state index contributed by atoms with van der Waals surface area (Å²) in [4.78, 5) is 37.6. The molecule has 0 aliphatic rings. The molecule has 0 rings (SSSR count). The van der Waals surface area contributed by atoms with Crippen molar-refractivity contribution < 1.29 is 42.1 Å². The minimum atomic E-state index is -4.63. The maximum Gasteiger partial charge on any atom is 0.306 e. The van der Waals surface area contributed by atoms with E-state index in [-0.39, 0.29) is 32.0 Å². The third-order valence-corrected chi connectivity index (χ3v) is 11.1. The fourth-order valence-electron chi connectivity index (χ4n) is 6.37. The zero-order valence-electron chi connectivity index (χ0n) is 38.2. The molecule has 0 saturated carbocycles. The number of ether oxygens (including phenoxy) is 2. The number of unbranched alkanes of at least 4 members (excludes halogenated alkanes) is 23. The van der Waals surface area contributed by atoms with Gasteiger partial charge in [0, 0.05) is 12.8 Å². The molecule has 0 fully saturated rings. The normalized spacial score (nSPS) is 13.8. The highest BCUT2D eigenvalue weighted by atomic mass is 31.2. The molecule has 0 aliphatic heterocycles. The van der Waals surface area contributed by atoms with Crippen LogP contribution >= 0.6 is 7.82 Å². The lowest BCUT2D eigenvalue weighted by molar-refractivity contribution is -0.870. The highest BCUT2D eigenvalue weighted by Crippen LogP contribution is 2.38. The van der Waals surface area contributed by atoms with E-state index in [1.54, 1.807) is 0 Å². The Balaban J connectivity index is 4.29. The number of likely N-dealkylation sites (N-methyl/N-ethyl adjacent to an activating group) is 1. The van der Waals surface area contributed by atoms with E-state index in [1.165, 1.54) is 128 Å². The largest absolute Gasteiger partial charge is 0.756 e. The van der Waals surface area contributed by atoms with Gasteiger partial charge in [0.25, 0.3) is 7.82 Å². The number of rotatable bonds is 43. The van der Waals surface area contributed by atoms with Crippen LogP contribution in [-0.4, -0.2) is 70.0 Å². The van der Waals surface area contributed by atoms with Crippen LogP contribution in [-0.2, 0) is 32.7 Å². The molecule has 9 nitrogen and oxygen atoms in total. The summed E-state index contributed by atoms with van der Waals surface area (Å²) < 4.78 is 34.0. The number of phosphoric acid groups is 1. The molecule has 0 aromatic rings. The molecule has 0 amide bonds. The first-order valence-electron chi connectivity index (χ1n) is 23.7. The Morgan fingerprint density at radius 2 is 0.948 bits per heavy atom. The molecule has 10 heteroatoms. The monoisotopic (exact) mass is 840 g/mol. The van der Waals surface area contributed by atoms with Gasteiger partial charge in [0.1, 0.15) is 19.8 Å². The molecule has 0 aliphatic carbocycles. The Kier molecular flexibility index (Phi) is 39.4. The van der Waals surface area contributed by atoms with Gasteiger partial charge in [-0.1, -0.05) is 166 Å². The van der Waals surface area contributed by atoms with E-state index < -0.39 is 26.5 Å². The Bertz CT molecular complexity index is 1090. The molecular weight excluding hydrogens is 750 g/mol. The summed E-state index contributed by atoms with van der Waals surface area (Å²) in [5, 5.41) is 0. The van der Waals surface area contributed by atoms with Gasteiger partial charge in [-0.15, -0.1) is 0 Å². The highest BCUT2D eigenvalue weighted by molar-refractivity contribution is 7.45. The van der Waals surface area contributed by atoms with Crippen LogP contribution < -0.4 is 4.89 Å². The number of carbonyl (C=O) groups is 2. The molecule has 1 unspecified atom stereocenters. The van der Waals surface area contributed by atoms with E-state index in [1.807, 2.05) is 21.1 Å². The molecule has 0 aromatic heterocycles. The zero-order valence-corrected chi connectivity index (χ0v) is 39.1. The van der Waals surface area contributed by atoms with Crippen LogP contribution in [0.5, 0.6) is 0 Å². The van der Waals surface area contributed by atoms with Gasteiger partial charge in [-0.3, -0.25) is 14.2 Å². The molecule has 0 radical (unpaired) electrons. The third kappa shape index (κ3) is 43.8. The Hall–Kier alpha value is -1.77. The van der Waals surface area contributed by atoms with Crippen LogP contribution in [0.2, 0.25) is 0 Å². The second-order valence-corrected chi connectivity index (χ2v) is 18.5. The molecule has 0 N–H and O–H groups in total.